The predicted octanol–water partition coefficient (Wildman–Crippen LogP) is 3.68. The topological polar surface area (TPSA) is 72.5 Å². The first-order chi connectivity index (χ1) is 13.3. The summed E-state index contributed by atoms with van der Waals surface area (Å²) in [4.78, 5) is 12.6. The van der Waals surface area contributed by atoms with Crippen LogP contribution in [0.2, 0.25) is 0 Å². The van der Waals surface area contributed by atoms with Crippen LogP contribution in [0.15, 0.2) is 53.4 Å². The third-order valence-corrected chi connectivity index (χ3v) is 7.48. The van der Waals surface area contributed by atoms with Gasteiger partial charge in [-0.05, 0) is 29.7 Å². The van der Waals surface area contributed by atoms with Crippen molar-refractivity contribution in [3.63, 3.8) is 0 Å². The Labute approximate surface area is 167 Å². The first-order valence-electron chi connectivity index (χ1n) is 9.59. The average Bonchev–Trinajstić information content (AvgIpc) is 2.80. The van der Waals surface area contributed by atoms with Crippen LogP contribution in [-0.4, -0.2) is 32.6 Å². The summed E-state index contributed by atoms with van der Waals surface area (Å²) in [5.74, 6) is 0.439. The third-order valence-electron chi connectivity index (χ3n) is 5.52. The molecule has 0 saturated carbocycles. The first kappa shape index (κ1) is 20.6. The highest BCUT2D eigenvalue weighted by Gasteiger charge is 2.43. The third kappa shape index (κ3) is 3.98. The highest BCUT2D eigenvalue weighted by Crippen LogP contribution is 2.39. The molecule has 0 radical (unpaired) electrons. The van der Waals surface area contributed by atoms with E-state index in [1.54, 1.807) is 12.1 Å². The van der Waals surface area contributed by atoms with Gasteiger partial charge in [0.25, 0.3) is 0 Å². The highest BCUT2D eigenvalue weighted by molar-refractivity contribution is 7.91. The number of carbonyl (C=O) groups is 1. The zero-order chi connectivity index (χ0) is 20.4. The van der Waals surface area contributed by atoms with Crippen LogP contribution >= 0.6 is 0 Å². The molecule has 6 heteroatoms. The fraction of sp³-hybridized carbons (Fsp3) is 0.409. The van der Waals surface area contributed by atoms with Crippen LogP contribution in [0.4, 0.5) is 0 Å². The summed E-state index contributed by atoms with van der Waals surface area (Å²) in [7, 11) is -2.10. The molecule has 0 fully saturated rings. The molecule has 0 bridgehead atoms. The molecule has 0 spiro atoms. The second-order valence-corrected chi connectivity index (χ2v) is 9.31. The molecule has 2 atom stereocenters. The normalized spacial score (nSPS) is 23.5. The van der Waals surface area contributed by atoms with E-state index < -0.39 is 15.4 Å². The summed E-state index contributed by atoms with van der Waals surface area (Å²) in [5.41, 5.74) is 0.831. The molecular weight excluding hydrogens is 374 g/mol. The average molecular weight is 402 g/mol. The minimum absolute atomic E-state index is 0.0555. The summed E-state index contributed by atoms with van der Waals surface area (Å²) in [6.07, 6.45) is 1.11. The van der Waals surface area contributed by atoms with Gasteiger partial charge >= 0.3 is 0 Å². The maximum absolute atomic E-state index is 13.4. The maximum Gasteiger partial charge on any atom is 0.180 e. The van der Waals surface area contributed by atoms with Crippen LogP contribution in [0.3, 0.4) is 0 Å². The SMILES string of the molecule is CCC(=O)CC1(CC)CS(=O)(=O)c2cc(OC)ccc2C(c2ccccc2)N1. The standard InChI is InChI=1S/C22H27NO4S/c1-4-17(24)14-22(5-2)15-28(25,26)20-13-18(27-3)11-12-19(20)21(23-22)16-9-7-6-8-10-16/h6-13,21,23H,4-5,14-15H2,1-3H3. The van der Waals surface area contributed by atoms with E-state index in [9.17, 15) is 13.2 Å². The lowest BCUT2D eigenvalue weighted by atomic mass is 9.87. The minimum Gasteiger partial charge on any atom is -0.497 e. The van der Waals surface area contributed by atoms with Crippen LogP contribution in [0.5, 0.6) is 5.75 Å². The largest absolute Gasteiger partial charge is 0.497 e. The van der Waals surface area contributed by atoms with E-state index in [2.05, 4.69) is 5.32 Å². The lowest BCUT2D eigenvalue weighted by molar-refractivity contribution is -0.120. The van der Waals surface area contributed by atoms with E-state index in [1.165, 1.54) is 7.11 Å². The van der Waals surface area contributed by atoms with Gasteiger partial charge in [-0.1, -0.05) is 50.2 Å². The second-order valence-electron chi connectivity index (χ2n) is 7.35. The molecule has 0 aromatic heterocycles. The minimum atomic E-state index is -3.62. The van der Waals surface area contributed by atoms with Gasteiger partial charge in [0.2, 0.25) is 0 Å². The van der Waals surface area contributed by atoms with Crippen LogP contribution in [0.25, 0.3) is 0 Å². The van der Waals surface area contributed by atoms with E-state index >= 15 is 0 Å². The number of Topliss-reactive ketones (excluding diaryl/α,β-unsaturated/α-hetero) is 1. The Hall–Kier alpha value is -2.18. The van der Waals surface area contributed by atoms with E-state index in [4.69, 9.17) is 4.74 Å². The molecule has 150 valence electrons. The molecule has 3 rings (SSSR count). The number of hydrogen-bond acceptors (Lipinski definition) is 5. The Bertz CT molecular complexity index is 956. The fourth-order valence-electron chi connectivity index (χ4n) is 3.86. The molecule has 1 N–H and O–H groups in total. The van der Waals surface area contributed by atoms with Crippen molar-refractivity contribution in [3.8, 4) is 5.75 Å². The van der Waals surface area contributed by atoms with Crippen molar-refractivity contribution in [1.82, 2.24) is 5.32 Å². The number of ketones is 1. The fourth-order valence-corrected chi connectivity index (χ4v) is 5.97. The number of ether oxygens (including phenoxy) is 1. The zero-order valence-electron chi connectivity index (χ0n) is 16.6. The van der Waals surface area contributed by atoms with Gasteiger partial charge in [-0.2, -0.15) is 0 Å². The van der Waals surface area contributed by atoms with Crippen LogP contribution in [-0.2, 0) is 14.6 Å². The van der Waals surface area contributed by atoms with Crippen molar-refractivity contribution < 1.29 is 17.9 Å². The van der Waals surface area contributed by atoms with Gasteiger partial charge in [-0.15, -0.1) is 0 Å². The number of nitrogens with one attached hydrogen (secondary N) is 1. The monoisotopic (exact) mass is 401 g/mol. The Morgan fingerprint density at radius 1 is 1.18 bits per heavy atom. The van der Waals surface area contributed by atoms with Gasteiger partial charge in [0.15, 0.2) is 9.84 Å². The maximum atomic E-state index is 13.4. The van der Waals surface area contributed by atoms with Gasteiger partial charge in [0.05, 0.1) is 23.8 Å². The van der Waals surface area contributed by atoms with Crippen molar-refractivity contribution in [2.45, 2.75) is 49.6 Å². The van der Waals surface area contributed by atoms with Gasteiger partial charge < -0.3 is 4.74 Å². The molecular formula is C22H27NO4S. The Morgan fingerprint density at radius 2 is 1.89 bits per heavy atom. The van der Waals surface area contributed by atoms with E-state index in [0.717, 1.165) is 5.56 Å². The van der Waals surface area contributed by atoms with Gasteiger partial charge in [-0.3, -0.25) is 10.1 Å². The van der Waals surface area contributed by atoms with Gasteiger partial charge in [-0.25, -0.2) is 8.42 Å². The number of hydrogen-bond donors (Lipinski definition) is 1. The van der Waals surface area contributed by atoms with Gasteiger partial charge in [0, 0.05) is 18.4 Å². The van der Waals surface area contributed by atoms with Crippen molar-refractivity contribution in [3.05, 3.63) is 59.7 Å². The van der Waals surface area contributed by atoms with E-state index in [0.29, 0.717) is 24.2 Å². The van der Waals surface area contributed by atoms with Crippen molar-refractivity contribution >= 4 is 15.6 Å². The molecule has 5 nitrogen and oxygen atoms in total. The lowest BCUT2D eigenvalue weighted by Gasteiger charge is -2.35. The molecule has 0 aliphatic carbocycles. The molecule has 0 saturated heterocycles. The summed E-state index contributed by atoms with van der Waals surface area (Å²) < 4.78 is 32.0. The second kappa shape index (κ2) is 8.05. The van der Waals surface area contributed by atoms with E-state index in [-0.39, 0.29) is 28.9 Å². The Balaban J connectivity index is 2.22. The van der Waals surface area contributed by atoms with Crippen molar-refractivity contribution in [1.29, 1.82) is 0 Å². The van der Waals surface area contributed by atoms with Crippen LogP contribution < -0.4 is 10.1 Å². The number of rotatable bonds is 6. The summed E-state index contributed by atoms with van der Waals surface area (Å²) in [6.45, 7) is 3.75. The quantitative estimate of drug-likeness (QED) is 0.799. The number of sulfone groups is 1. The number of carbonyl (C=O) groups excluding carboxylic acids is 1. The van der Waals surface area contributed by atoms with E-state index in [1.807, 2.05) is 50.2 Å². The van der Waals surface area contributed by atoms with Crippen LogP contribution in [0, 0.1) is 0 Å². The molecule has 1 heterocycles. The lowest BCUT2D eigenvalue weighted by Crippen LogP contribution is -2.51. The Kier molecular flexibility index (Phi) is 5.91. The number of fused-ring (bicyclic) bond motifs is 1. The highest BCUT2D eigenvalue weighted by atomic mass is 32.2. The van der Waals surface area contributed by atoms with Crippen molar-refractivity contribution in [2.75, 3.05) is 12.9 Å². The summed E-state index contributed by atoms with van der Waals surface area (Å²) in [5, 5.41) is 3.57. The molecule has 1 aliphatic rings. The summed E-state index contributed by atoms with van der Waals surface area (Å²) >= 11 is 0. The number of methoxy groups -OCH3 is 1. The molecule has 2 unspecified atom stereocenters. The zero-order valence-corrected chi connectivity index (χ0v) is 17.4. The number of benzene rings is 2. The molecule has 1 aliphatic heterocycles. The van der Waals surface area contributed by atoms with Gasteiger partial charge in [0.1, 0.15) is 11.5 Å². The first-order valence-corrected chi connectivity index (χ1v) is 11.2. The smallest absolute Gasteiger partial charge is 0.180 e. The van der Waals surface area contributed by atoms with Crippen LogP contribution in [0.1, 0.15) is 50.3 Å². The molecule has 28 heavy (non-hydrogen) atoms. The molecule has 2 aromatic rings. The Morgan fingerprint density at radius 3 is 2.50 bits per heavy atom. The van der Waals surface area contributed by atoms with Crippen molar-refractivity contribution in [2.24, 2.45) is 0 Å². The predicted molar refractivity (Wildman–Crippen MR) is 109 cm³/mol. The molecule has 2 aromatic carbocycles. The molecule has 0 amide bonds. The summed E-state index contributed by atoms with van der Waals surface area (Å²) in [6, 6.07) is 14.6.